The van der Waals surface area contributed by atoms with E-state index < -0.39 is 43.0 Å². The van der Waals surface area contributed by atoms with Crippen molar-refractivity contribution in [2.24, 2.45) is 11.8 Å². The highest BCUT2D eigenvalue weighted by Crippen LogP contribution is 2.38. The normalized spacial score (nSPS) is 20.7. The molecule has 1 saturated heterocycles. The van der Waals surface area contributed by atoms with Gasteiger partial charge >= 0.3 is 12.1 Å². The highest BCUT2D eigenvalue weighted by molar-refractivity contribution is 5.98. The minimum Gasteiger partial charge on any atom is -0.481 e. The topological polar surface area (TPSA) is 88.3 Å². The molecule has 1 fully saturated rings. The zero-order valence-corrected chi connectivity index (χ0v) is 12.7. The van der Waals surface area contributed by atoms with Crippen molar-refractivity contribution >= 4 is 11.9 Å². The minimum atomic E-state index is -4.69. The number of carbonyl (C=O) groups excluding carboxylic acids is 1. The van der Waals surface area contributed by atoms with E-state index in [0.717, 1.165) is 4.90 Å². The molecule has 1 aromatic heterocycles. The van der Waals surface area contributed by atoms with E-state index in [4.69, 9.17) is 5.11 Å². The first kappa shape index (κ1) is 16.9. The number of carboxylic acid groups (broad SMARTS) is 1. The van der Waals surface area contributed by atoms with Crippen molar-refractivity contribution in [1.82, 2.24) is 19.9 Å². The van der Waals surface area contributed by atoms with Crippen LogP contribution in [0.5, 0.6) is 0 Å². The molecule has 25 heavy (non-hydrogen) atoms. The number of rotatable bonds is 3. The summed E-state index contributed by atoms with van der Waals surface area (Å²) >= 11 is 0. The molecule has 1 amide bonds. The number of aromatic nitrogens is 3. The molecule has 0 spiro atoms. The van der Waals surface area contributed by atoms with Crippen LogP contribution < -0.4 is 0 Å². The van der Waals surface area contributed by atoms with Gasteiger partial charge in [0.1, 0.15) is 0 Å². The van der Waals surface area contributed by atoms with Gasteiger partial charge in [0.05, 0.1) is 35.5 Å². The zero-order valence-electron chi connectivity index (χ0n) is 12.7. The van der Waals surface area contributed by atoms with Gasteiger partial charge in [-0.3, -0.25) is 9.59 Å². The number of aliphatic carboxylic acids is 1. The molecule has 0 unspecified atom stereocenters. The second-order valence-electron chi connectivity index (χ2n) is 5.67. The highest BCUT2D eigenvalue weighted by atomic mass is 19.4. The van der Waals surface area contributed by atoms with Gasteiger partial charge in [-0.25, -0.2) is 4.68 Å². The highest BCUT2D eigenvalue weighted by Gasteiger charge is 2.53. The van der Waals surface area contributed by atoms with Gasteiger partial charge in [0.2, 0.25) is 0 Å². The Labute approximate surface area is 139 Å². The molecule has 3 rings (SSSR count). The van der Waals surface area contributed by atoms with Gasteiger partial charge in [-0.05, 0) is 12.1 Å². The molecule has 2 aromatic rings. The van der Waals surface area contributed by atoms with Gasteiger partial charge in [0, 0.05) is 13.1 Å². The largest absolute Gasteiger partial charge is 0.481 e. The van der Waals surface area contributed by atoms with Gasteiger partial charge in [0.15, 0.2) is 0 Å². The van der Waals surface area contributed by atoms with Crippen molar-refractivity contribution in [1.29, 1.82) is 0 Å². The fourth-order valence-corrected chi connectivity index (χ4v) is 2.91. The number of alkyl halides is 3. The van der Waals surface area contributed by atoms with Crippen LogP contribution >= 0.6 is 0 Å². The van der Waals surface area contributed by atoms with Crippen LogP contribution in [0.2, 0.25) is 0 Å². The van der Waals surface area contributed by atoms with Gasteiger partial charge in [-0.1, -0.05) is 17.3 Å². The lowest BCUT2D eigenvalue weighted by molar-refractivity contribution is -0.187. The molecule has 0 bridgehead atoms. The zero-order chi connectivity index (χ0) is 18.2. The van der Waals surface area contributed by atoms with Crippen LogP contribution in [0.3, 0.4) is 0 Å². The molecule has 2 atom stereocenters. The van der Waals surface area contributed by atoms with Crippen molar-refractivity contribution in [2.75, 3.05) is 13.1 Å². The fourth-order valence-electron chi connectivity index (χ4n) is 2.91. The van der Waals surface area contributed by atoms with E-state index in [1.54, 1.807) is 18.2 Å². The first-order valence-corrected chi connectivity index (χ1v) is 7.33. The number of likely N-dealkylation sites (tertiary alicyclic amines) is 1. The quantitative estimate of drug-likeness (QED) is 0.905. The van der Waals surface area contributed by atoms with Crippen LogP contribution in [0.4, 0.5) is 13.2 Å². The summed E-state index contributed by atoms with van der Waals surface area (Å²) in [5.74, 6) is -6.01. The maximum absolute atomic E-state index is 13.1. The van der Waals surface area contributed by atoms with Gasteiger partial charge in [-0.15, -0.1) is 5.10 Å². The number of halogens is 3. The molecule has 1 aromatic carbocycles. The maximum atomic E-state index is 13.1. The summed E-state index contributed by atoms with van der Waals surface area (Å²) in [6.07, 6.45) is -1.80. The van der Waals surface area contributed by atoms with Crippen LogP contribution in [0, 0.1) is 11.8 Å². The van der Waals surface area contributed by atoms with E-state index >= 15 is 0 Å². The Bertz CT molecular complexity index is 792. The van der Waals surface area contributed by atoms with Crippen LogP contribution in [0.15, 0.2) is 36.7 Å². The smallest absolute Gasteiger partial charge is 0.394 e. The predicted octanol–water partition coefficient (Wildman–Crippen LogP) is 1.60. The average molecular weight is 354 g/mol. The first-order valence-electron chi connectivity index (χ1n) is 7.33. The van der Waals surface area contributed by atoms with Crippen molar-refractivity contribution in [3.05, 3.63) is 42.2 Å². The first-order chi connectivity index (χ1) is 11.8. The Kier molecular flexibility index (Phi) is 4.19. The molecule has 1 aliphatic heterocycles. The summed E-state index contributed by atoms with van der Waals surface area (Å²) in [4.78, 5) is 24.8. The summed E-state index contributed by atoms with van der Waals surface area (Å²) in [5.41, 5.74) is 0.479. The lowest BCUT2D eigenvalue weighted by atomic mass is 9.96. The lowest BCUT2D eigenvalue weighted by Crippen LogP contribution is -2.34. The Hall–Kier alpha value is -2.91. The predicted molar refractivity (Wildman–Crippen MR) is 77.9 cm³/mol. The Morgan fingerprint density at radius 1 is 1.20 bits per heavy atom. The number of carbonyl (C=O) groups is 2. The summed E-state index contributed by atoms with van der Waals surface area (Å²) in [5, 5.41) is 16.5. The van der Waals surface area contributed by atoms with Crippen LogP contribution in [-0.2, 0) is 4.79 Å². The number of para-hydroxylation sites is 1. The number of hydrogen-bond donors (Lipinski definition) is 1. The van der Waals surface area contributed by atoms with E-state index in [9.17, 15) is 22.8 Å². The molecule has 10 heteroatoms. The fraction of sp³-hybridized carbons (Fsp3) is 0.333. The Morgan fingerprint density at radius 3 is 2.48 bits per heavy atom. The SMILES string of the molecule is O=C(O)[C@@H]1CN(C(=O)c2ccccc2-n2ccnn2)C[C@H]1C(F)(F)F. The molecular weight excluding hydrogens is 341 g/mol. The lowest BCUT2D eigenvalue weighted by Gasteiger charge is -2.19. The molecule has 0 radical (unpaired) electrons. The summed E-state index contributed by atoms with van der Waals surface area (Å²) < 4.78 is 40.6. The number of amides is 1. The number of nitrogens with zero attached hydrogens (tertiary/aromatic N) is 4. The molecular formula is C15H13F3N4O3. The molecule has 0 aliphatic carbocycles. The van der Waals surface area contributed by atoms with Gasteiger partial charge in [-0.2, -0.15) is 13.2 Å². The van der Waals surface area contributed by atoms with Crippen LogP contribution in [-0.4, -0.2) is 56.1 Å². The van der Waals surface area contributed by atoms with Gasteiger partial charge < -0.3 is 10.0 Å². The Balaban J connectivity index is 1.91. The van der Waals surface area contributed by atoms with Crippen molar-refractivity contribution in [3.8, 4) is 5.69 Å². The third-order valence-corrected chi connectivity index (χ3v) is 4.15. The number of hydrogen-bond acceptors (Lipinski definition) is 4. The second-order valence-corrected chi connectivity index (χ2v) is 5.67. The van der Waals surface area contributed by atoms with Crippen LogP contribution in [0.1, 0.15) is 10.4 Å². The minimum absolute atomic E-state index is 0.125. The molecule has 1 N–H and O–H groups in total. The molecule has 132 valence electrons. The third-order valence-electron chi connectivity index (χ3n) is 4.15. The standard InChI is InChI=1S/C15H13F3N4O3/c16-15(17,18)11-8-21(7-10(11)14(24)25)13(23)9-3-1-2-4-12(9)22-6-5-19-20-22/h1-6,10-11H,7-8H2,(H,24,25)/t10-,11-/m1/s1. The van der Waals surface area contributed by atoms with Crippen molar-refractivity contribution < 1.29 is 27.9 Å². The van der Waals surface area contributed by atoms with E-state index in [1.165, 1.54) is 23.1 Å². The number of benzene rings is 1. The van der Waals surface area contributed by atoms with E-state index in [2.05, 4.69) is 10.3 Å². The Morgan fingerprint density at radius 2 is 1.92 bits per heavy atom. The summed E-state index contributed by atoms with van der Waals surface area (Å²) in [7, 11) is 0. The third kappa shape index (κ3) is 3.19. The van der Waals surface area contributed by atoms with E-state index in [0.29, 0.717) is 5.69 Å². The van der Waals surface area contributed by atoms with E-state index in [1.807, 2.05) is 0 Å². The van der Waals surface area contributed by atoms with Crippen molar-refractivity contribution in [2.45, 2.75) is 6.18 Å². The summed E-state index contributed by atoms with van der Waals surface area (Å²) in [6, 6.07) is 6.25. The maximum Gasteiger partial charge on any atom is 0.394 e. The van der Waals surface area contributed by atoms with E-state index in [-0.39, 0.29) is 5.56 Å². The summed E-state index contributed by atoms with van der Waals surface area (Å²) in [6.45, 7) is -1.19. The van der Waals surface area contributed by atoms with Gasteiger partial charge in [0.25, 0.3) is 5.91 Å². The second kappa shape index (κ2) is 6.19. The monoisotopic (exact) mass is 354 g/mol. The number of carboxylic acids is 1. The van der Waals surface area contributed by atoms with Crippen LogP contribution in [0.25, 0.3) is 5.69 Å². The molecule has 7 nitrogen and oxygen atoms in total. The molecule has 0 saturated carbocycles. The molecule has 2 heterocycles. The average Bonchev–Trinajstić information content (AvgIpc) is 3.23. The molecule has 1 aliphatic rings. The van der Waals surface area contributed by atoms with Crippen molar-refractivity contribution in [3.63, 3.8) is 0 Å².